The number of fused-ring (bicyclic) bond motifs is 1. The molecule has 0 radical (unpaired) electrons. The fraction of sp³-hybridized carbons (Fsp3) is 0.565. The Morgan fingerprint density at radius 1 is 1.32 bits per heavy atom. The van der Waals surface area contributed by atoms with E-state index in [0.29, 0.717) is 24.8 Å². The molecular weight excluding hydrogens is 356 g/mol. The summed E-state index contributed by atoms with van der Waals surface area (Å²) in [6.45, 7) is 3.93. The predicted octanol–water partition coefficient (Wildman–Crippen LogP) is 4.05. The molecule has 0 aromatic heterocycles. The molecule has 3 rings (SSSR count). The number of ether oxygens (including phenoxy) is 2. The van der Waals surface area contributed by atoms with Crippen molar-refractivity contribution in [2.75, 3.05) is 0 Å². The maximum atomic E-state index is 12.5. The molecular formula is C23H30O5. The molecule has 2 aliphatic rings. The summed E-state index contributed by atoms with van der Waals surface area (Å²) in [5.41, 5.74) is -0.407. The van der Waals surface area contributed by atoms with Crippen LogP contribution in [0.5, 0.6) is 0 Å². The van der Waals surface area contributed by atoms with Crippen molar-refractivity contribution >= 4 is 11.9 Å². The number of aliphatic hydroxyl groups is 1. The molecule has 152 valence electrons. The molecule has 5 nitrogen and oxygen atoms in total. The third-order valence-corrected chi connectivity index (χ3v) is 5.78. The van der Waals surface area contributed by atoms with E-state index < -0.39 is 5.60 Å². The summed E-state index contributed by atoms with van der Waals surface area (Å²) in [5.74, 6) is -0.716. The van der Waals surface area contributed by atoms with Crippen molar-refractivity contribution in [3.8, 4) is 0 Å². The highest BCUT2D eigenvalue weighted by Crippen LogP contribution is 2.44. The molecule has 1 saturated carbocycles. The van der Waals surface area contributed by atoms with E-state index in [1.165, 1.54) is 0 Å². The molecule has 2 fully saturated rings. The Morgan fingerprint density at radius 2 is 2.07 bits per heavy atom. The highest BCUT2D eigenvalue weighted by atomic mass is 16.6. The summed E-state index contributed by atoms with van der Waals surface area (Å²) in [4.78, 5) is 24.2. The van der Waals surface area contributed by atoms with Gasteiger partial charge in [0.25, 0.3) is 0 Å². The smallest absolute Gasteiger partial charge is 0.338 e. The van der Waals surface area contributed by atoms with Crippen LogP contribution >= 0.6 is 0 Å². The van der Waals surface area contributed by atoms with Crippen molar-refractivity contribution < 1.29 is 24.2 Å². The minimum atomic E-state index is -0.912. The number of hydrogen-bond donors (Lipinski definition) is 1. The molecule has 1 heterocycles. The minimum absolute atomic E-state index is 0.0104. The lowest BCUT2D eigenvalue weighted by Crippen LogP contribution is -2.26. The van der Waals surface area contributed by atoms with E-state index in [9.17, 15) is 14.7 Å². The van der Waals surface area contributed by atoms with Gasteiger partial charge in [-0.2, -0.15) is 0 Å². The number of rotatable bonds is 8. The Balaban J connectivity index is 1.71. The van der Waals surface area contributed by atoms with Crippen LogP contribution in [-0.4, -0.2) is 34.9 Å². The van der Waals surface area contributed by atoms with E-state index in [1.807, 2.05) is 18.2 Å². The Kier molecular flexibility index (Phi) is 6.55. The Morgan fingerprint density at radius 3 is 2.79 bits per heavy atom. The van der Waals surface area contributed by atoms with E-state index in [1.54, 1.807) is 31.2 Å². The lowest BCUT2D eigenvalue weighted by atomic mass is 9.89. The maximum absolute atomic E-state index is 12.5. The van der Waals surface area contributed by atoms with Gasteiger partial charge in [-0.25, -0.2) is 4.79 Å². The van der Waals surface area contributed by atoms with E-state index >= 15 is 0 Å². The Hall–Kier alpha value is -2.14. The fourth-order valence-electron chi connectivity index (χ4n) is 4.20. The van der Waals surface area contributed by atoms with Gasteiger partial charge in [0.05, 0.1) is 17.6 Å². The van der Waals surface area contributed by atoms with Gasteiger partial charge >= 0.3 is 11.9 Å². The van der Waals surface area contributed by atoms with Crippen molar-refractivity contribution in [2.45, 2.75) is 70.2 Å². The molecule has 5 heteroatoms. The van der Waals surface area contributed by atoms with E-state index in [2.05, 4.69) is 6.92 Å². The van der Waals surface area contributed by atoms with Gasteiger partial charge in [0.2, 0.25) is 0 Å². The molecule has 1 aromatic carbocycles. The predicted molar refractivity (Wildman–Crippen MR) is 106 cm³/mol. The molecule has 0 spiro atoms. The van der Waals surface area contributed by atoms with Crippen LogP contribution in [0.1, 0.15) is 62.7 Å². The van der Waals surface area contributed by atoms with Gasteiger partial charge in [-0.1, -0.05) is 56.5 Å². The standard InChI is InChI=1S/C23H30O5/c1-3-4-8-12-23(2,26)13-11-17-18-14-21(24)27-20(18)15-19(17)28-22(25)16-9-6-5-7-10-16/h5-7,9-11,13,17-20,26H,3-4,8,12,14-15H2,1-2H3/b13-11+. The SMILES string of the molecule is CCCCCC(C)(O)/C=C/C1C(OC(=O)c2ccccc2)CC2OC(=O)CC21. The van der Waals surface area contributed by atoms with Gasteiger partial charge < -0.3 is 14.6 Å². The minimum Gasteiger partial charge on any atom is -0.462 e. The molecule has 1 N–H and O–H groups in total. The van der Waals surface area contributed by atoms with Gasteiger partial charge in [0.15, 0.2) is 0 Å². The summed E-state index contributed by atoms with van der Waals surface area (Å²) >= 11 is 0. The first-order valence-corrected chi connectivity index (χ1v) is 10.3. The van der Waals surface area contributed by atoms with Crippen LogP contribution in [0.25, 0.3) is 0 Å². The second-order valence-corrected chi connectivity index (χ2v) is 8.19. The maximum Gasteiger partial charge on any atom is 0.338 e. The van der Waals surface area contributed by atoms with Crippen molar-refractivity contribution in [1.29, 1.82) is 0 Å². The highest BCUT2D eigenvalue weighted by Gasteiger charge is 2.50. The van der Waals surface area contributed by atoms with Crippen molar-refractivity contribution in [2.24, 2.45) is 11.8 Å². The molecule has 1 saturated heterocycles. The topological polar surface area (TPSA) is 72.8 Å². The molecule has 5 unspecified atom stereocenters. The average Bonchev–Trinajstić information content (AvgIpc) is 3.16. The van der Waals surface area contributed by atoms with E-state index in [0.717, 1.165) is 19.3 Å². The van der Waals surface area contributed by atoms with E-state index in [-0.39, 0.29) is 36.0 Å². The van der Waals surface area contributed by atoms with Crippen LogP contribution in [-0.2, 0) is 14.3 Å². The van der Waals surface area contributed by atoms with Crippen molar-refractivity contribution in [3.05, 3.63) is 48.0 Å². The van der Waals surface area contributed by atoms with Crippen LogP contribution in [0, 0.1) is 11.8 Å². The Labute approximate surface area is 166 Å². The van der Waals surface area contributed by atoms with Crippen LogP contribution in [0.3, 0.4) is 0 Å². The summed E-state index contributed by atoms with van der Waals surface area (Å²) < 4.78 is 11.2. The zero-order valence-corrected chi connectivity index (χ0v) is 16.7. The van der Waals surface area contributed by atoms with Crippen LogP contribution < -0.4 is 0 Å². The first-order valence-electron chi connectivity index (χ1n) is 10.3. The number of carbonyl (C=O) groups excluding carboxylic acids is 2. The third kappa shape index (κ3) is 5.02. The van der Waals surface area contributed by atoms with Crippen molar-refractivity contribution in [1.82, 2.24) is 0 Å². The second-order valence-electron chi connectivity index (χ2n) is 8.19. The zero-order chi connectivity index (χ0) is 20.1. The molecule has 1 aromatic rings. The van der Waals surface area contributed by atoms with Crippen LogP contribution in [0.4, 0.5) is 0 Å². The summed E-state index contributed by atoms with van der Waals surface area (Å²) in [5, 5.41) is 10.6. The molecule has 0 bridgehead atoms. The van der Waals surface area contributed by atoms with Gasteiger partial charge in [-0.15, -0.1) is 0 Å². The summed E-state index contributed by atoms with van der Waals surface area (Å²) in [7, 11) is 0. The highest BCUT2D eigenvalue weighted by molar-refractivity contribution is 5.89. The van der Waals surface area contributed by atoms with Crippen LogP contribution in [0.15, 0.2) is 42.5 Å². The second kappa shape index (κ2) is 8.91. The van der Waals surface area contributed by atoms with Gasteiger partial charge in [-0.3, -0.25) is 4.79 Å². The number of unbranched alkanes of at least 4 members (excludes halogenated alkanes) is 2. The number of esters is 2. The first kappa shape index (κ1) is 20.6. The summed E-state index contributed by atoms with van der Waals surface area (Å²) in [6, 6.07) is 8.89. The molecule has 0 amide bonds. The van der Waals surface area contributed by atoms with Gasteiger partial charge in [-0.05, 0) is 25.5 Å². The molecule has 1 aliphatic heterocycles. The normalized spacial score (nSPS) is 28.8. The fourth-order valence-corrected chi connectivity index (χ4v) is 4.20. The van der Waals surface area contributed by atoms with Gasteiger partial charge in [0.1, 0.15) is 12.2 Å². The molecule has 5 atom stereocenters. The molecule has 28 heavy (non-hydrogen) atoms. The zero-order valence-electron chi connectivity index (χ0n) is 16.7. The molecule has 1 aliphatic carbocycles. The first-order chi connectivity index (χ1) is 13.4. The Bertz CT molecular complexity index is 709. The largest absolute Gasteiger partial charge is 0.462 e. The number of carbonyl (C=O) groups is 2. The monoisotopic (exact) mass is 386 g/mol. The summed E-state index contributed by atoms with van der Waals surface area (Å²) in [6.07, 6.45) is 7.81. The number of benzene rings is 1. The van der Waals surface area contributed by atoms with Gasteiger partial charge in [0, 0.05) is 18.3 Å². The third-order valence-electron chi connectivity index (χ3n) is 5.78. The lowest BCUT2D eigenvalue weighted by Gasteiger charge is -2.23. The van der Waals surface area contributed by atoms with Crippen LogP contribution in [0.2, 0.25) is 0 Å². The lowest BCUT2D eigenvalue weighted by molar-refractivity contribution is -0.141. The quantitative estimate of drug-likeness (QED) is 0.414. The number of hydrogen-bond acceptors (Lipinski definition) is 5. The average molecular weight is 386 g/mol. The van der Waals surface area contributed by atoms with E-state index in [4.69, 9.17) is 9.47 Å². The van der Waals surface area contributed by atoms with Crippen molar-refractivity contribution in [3.63, 3.8) is 0 Å².